The van der Waals surface area contributed by atoms with Gasteiger partial charge in [0.15, 0.2) is 18.2 Å². The molecule has 12 amide bonds. The maximum Gasteiger partial charge on any atom is 0.426 e. The molecule has 1 saturated heterocycles. The minimum Gasteiger partial charge on any atom is -0.508 e. The third kappa shape index (κ3) is 38.0. The number of amides is 12. The van der Waals surface area contributed by atoms with Crippen LogP contribution in [0.25, 0.3) is 0 Å². The molecular formula is C77H110N14O28S3. The van der Waals surface area contributed by atoms with Crippen molar-refractivity contribution in [2.45, 2.75) is 224 Å². The zero-order valence-electron chi connectivity index (χ0n) is 68.7. The Morgan fingerprint density at radius 2 is 1.27 bits per heavy atom. The summed E-state index contributed by atoms with van der Waals surface area (Å²) in [5.41, 5.74) is 5.72. The van der Waals surface area contributed by atoms with Gasteiger partial charge < -0.3 is 103 Å². The van der Waals surface area contributed by atoms with E-state index in [9.17, 15) is 112 Å². The molecule has 1 aliphatic rings. The van der Waals surface area contributed by atoms with E-state index in [1.54, 1.807) is 19.1 Å². The number of hydrazine groups is 1. The first-order valence-corrected chi connectivity index (χ1v) is 42.5. The summed E-state index contributed by atoms with van der Waals surface area (Å²) in [6.07, 6.45) is -2.33. The highest BCUT2D eigenvalue weighted by molar-refractivity contribution is 8.77. The fraction of sp³-hybridized carbons (Fsp3) is 0.571. The van der Waals surface area contributed by atoms with Crippen LogP contribution in [0.1, 0.15) is 183 Å². The van der Waals surface area contributed by atoms with Crippen LogP contribution in [-0.4, -0.2) is 251 Å². The molecule has 674 valence electrons. The average Bonchev–Trinajstić information content (AvgIpc) is 1.36. The molecular weight excluding hydrogens is 1670 g/mol. The number of carbonyl (C=O) groups is 18. The molecule has 0 saturated carbocycles. The number of carboxylic acid groups (broad SMARTS) is 6. The van der Waals surface area contributed by atoms with Gasteiger partial charge in [0.1, 0.15) is 53.3 Å². The summed E-state index contributed by atoms with van der Waals surface area (Å²) in [5, 5.41) is 88.2. The number of phenolic OH excluding ortho intramolecular Hbond substituents is 1. The summed E-state index contributed by atoms with van der Waals surface area (Å²) >= 11 is 0.992. The third-order valence-corrected chi connectivity index (χ3v) is 22.4. The summed E-state index contributed by atoms with van der Waals surface area (Å²) < 4.78 is 16.7. The molecule has 0 spiro atoms. The molecule has 122 heavy (non-hydrogen) atoms. The number of nitrogens with zero attached hydrogens (tertiary/aromatic N) is 3. The van der Waals surface area contributed by atoms with Crippen LogP contribution in [0.2, 0.25) is 0 Å². The number of nitrogens with one attached hydrogen (secondary N) is 11. The van der Waals surface area contributed by atoms with Crippen LogP contribution in [0.4, 0.5) is 14.4 Å². The molecule has 2 heterocycles. The zero-order valence-corrected chi connectivity index (χ0v) is 71.2. The first kappa shape index (κ1) is 103. The van der Waals surface area contributed by atoms with Crippen molar-refractivity contribution >= 4 is 140 Å². The Balaban J connectivity index is 1.30. The second-order valence-electron chi connectivity index (χ2n) is 29.2. The first-order valence-electron chi connectivity index (χ1n) is 39.3. The molecule has 3 aromatic rings. The van der Waals surface area contributed by atoms with E-state index in [2.05, 4.69) is 58.4 Å². The number of hydrogen-bond acceptors (Lipinski definition) is 27. The maximum absolute atomic E-state index is 15.0. The lowest BCUT2D eigenvalue weighted by atomic mass is 9.92. The van der Waals surface area contributed by atoms with Gasteiger partial charge in [-0.15, -0.1) is 11.3 Å². The van der Waals surface area contributed by atoms with Crippen molar-refractivity contribution in [3.8, 4) is 5.75 Å². The van der Waals surface area contributed by atoms with E-state index < -0.39 is 213 Å². The second kappa shape index (κ2) is 53.2. The monoisotopic (exact) mass is 1770 g/mol. The Hall–Kier alpha value is -11.6. The highest BCUT2D eigenvalue weighted by Crippen LogP contribution is 2.33. The van der Waals surface area contributed by atoms with E-state index in [1.807, 2.05) is 45.0 Å². The number of likely N-dealkylation sites (tertiary alicyclic amines) is 1. The number of ether oxygens (including phenoxy) is 3. The van der Waals surface area contributed by atoms with Gasteiger partial charge in [0, 0.05) is 68.4 Å². The molecule has 4 rings (SSSR count). The molecule has 1 fully saturated rings. The second-order valence-corrected chi connectivity index (χ2v) is 32.6. The number of esters is 2. The van der Waals surface area contributed by atoms with Gasteiger partial charge in [0.05, 0.1) is 25.3 Å². The molecule has 45 heteroatoms. The number of carboxylic acids is 6. The van der Waals surface area contributed by atoms with Crippen LogP contribution in [0.15, 0.2) is 53.9 Å². The van der Waals surface area contributed by atoms with Gasteiger partial charge in [-0.2, -0.15) is 0 Å². The van der Waals surface area contributed by atoms with Crippen molar-refractivity contribution in [1.82, 2.24) is 73.5 Å². The Bertz CT molecular complexity index is 4090. The van der Waals surface area contributed by atoms with E-state index in [0.29, 0.717) is 53.3 Å². The van der Waals surface area contributed by atoms with Crippen molar-refractivity contribution in [2.24, 2.45) is 17.8 Å². The summed E-state index contributed by atoms with van der Waals surface area (Å²) in [7, 11) is 3.10. The molecule has 0 aliphatic carbocycles. The summed E-state index contributed by atoms with van der Waals surface area (Å²) in [4.78, 5) is 238. The number of thiazole rings is 1. The average molecular weight is 1780 g/mol. The Morgan fingerprint density at radius 3 is 1.86 bits per heavy atom. The zero-order chi connectivity index (χ0) is 90.9. The predicted octanol–water partition coefficient (Wildman–Crippen LogP) is 3.25. The number of aliphatic carboxylic acids is 6. The molecule has 1 unspecified atom stereocenters. The number of urea groups is 2. The Morgan fingerprint density at radius 1 is 0.648 bits per heavy atom. The van der Waals surface area contributed by atoms with Crippen molar-refractivity contribution in [2.75, 3.05) is 39.2 Å². The van der Waals surface area contributed by atoms with Gasteiger partial charge in [0.25, 0.3) is 5.91 Å². The molecule has 1 aromatic heterocycles. The fourth-order valence-corrected chi connectivity index (χ4v) is 15.1. The van der Waals surface area contributed by atoms with Gasteiger partial charge in [0.2, 0.25) is 35.4 Å². The van der Waals surface area contributed by atoms with Crippen molar-refractivity contribution in [1.29, 1.82) is 0 Å². The molecule has 18 N–H and O–H groups in total. The summed E-state index contributed by atoms with van der Waals surface area (Å²) in [6.45, 7) is 11.7. The summed E-state index contributed by atoms with van der Waals surface area (Å²) in [6, 6.07) is 0.194. The molecule has 1 aliphatic heterocycles. The number of phenols is 1. The number of likely N-dealkylation sites (N-methyl/N-ethyl adjacent to an activating group) is 1. The molecule has 12 atom stereocenters. The van der Waals surface area contributed by atoms with E-state index in [1.165, 1.54) is 60.5 Å². The number of carbonyl (C=O) groups excluding carboxylic acids is 12. The van der Waals surface area contributed by atoms with Crippen LogP contribution >= 0.6 is 32.9 Å². The van der Waals surface area contributed by atoms with E-state index in [-0.39, 0.29) is 98.0 Å². The number of hydrogen-bond donors (Lipinski definition) is 18. The minimum atomic E-state index is -2.03. The molecule has 0 radical (unpaired) electrons. The highest BCUT2D eigenvalue weighted by atomic mass is 33.1. The fourth-order valence-electron chi connectivity index (χ4n) is 12.3. The lowest BCUT2D eigenvalue weighted by Gasteiger charge is -2.39. The number of aromatic nitrogens is 1. The van der Waals surface area contributed by atoms with Gasteiger partial charge in [-0.05, 0) is 112 Å². The number of piperidine rings is 1. The molecule has 42 nitrogen and oxygen atoms in total. The molecule has 0 bridgehead atoms. The van der Waals surface area contributed by atoms with E-state index in [0.717, 1.165) is 35.0 Å². The lowest BCUT2D eigenvalue weighted by molar-refractivity contribution is -0.161. The van der Waals surface area contributed by atoms with Crippen LogP contribution in [0.3, 0.4) is 0 Å². The number of unbranched alkanes of at least 4 members (excludes halogenated alkanes) is 1. The standard InChI is InChI=1S/C77H110N14O28S3/c1-9-15-62(101)118-40-91(71(107)63(42(5)10-2)86-68(106)55-17-12-14-29-90(55)8)56(41(3)4)37-57(119-44(7)92)69-83-54(39-120-69)67(105)80-48(33-45-22-24-49(93)25-23-45)32-43(6)64(102)88-89-77(116)117-30-31-121-122-70(74(112)113)87-66(104)53(36-61(99)100)82-65(103)52(35-60(97)98)81-58(94)34-46-18-20-47(21-19-46)38-79-75(114)78-28-13-11-16-50(72(108)109)84-76(115)85-51(73(110)111)26-27-59(95)96/h18-25,39,41-43,48,50-53,55-57,63,70,93H,9-17,26-38,40H2,1-8H3,(H,80,105)(H,81,94)(H,82,103)(H,86,106)(H,87,104)(H,88,102)(H,89,116)(H,95,96)(H,97,98)(H,99,100)(H,108,109)(H,110,111)(H,112,113)(H2,78,79,114)(H2,84,85,115)/t42?,43-,48+,50-,51-,52-,53-,55+,56+,57+,63-,70-/m0/s1. The minimum absolute atomic E-state index is 0.0276. The first-order chi connectivity index (χ1) is 57.7. The largest absolute Gasteiger partial charge is 0.508 e. The molecule has 2 aromatic carbocycles. The van der Waals surface area contributed by atoms with Crippen molar-refractivity contribution in [3.63, 3.8) is 0 Å². The maximum atomic E-state index is 15.0. The Labute approximate surface area is 714 Å². The van der Waals surface area contributed by atoms with Gasteiger partial charge in [-0.25, -0.2) is 39.2 Å². The number of aromatic hydroxyl groups is 1. The van der Waals surface area contributed by atoms with Crippen LogP contribution in [0.5, 0.6) is 5.75 Å². The van der Waals surface area contributed by atoms with Gasteiger partial charge in [-0.1, -0.05) is 112 Å². The topological polar surface area (TPSA) is 628 Å². The normalized spacial score (nSPS) is 15.2. The van der Waals surface area contributed by atoms with Crippen LogP contribution in [-0.2, 0) is 101 Å². The quantitative estimate of drug-likeness (QED) is 0.00963. The SMILES string of the molecule is CCCC(=O)OCN(C(=O)[C@@H](NC(=O)[C@H]1CCCCN1C)C(C)CC)[C@H](C[C@@H](OC(C)=O)c1nc(C(=O)N[C@@H](Cc2ccc(O)cc2)C[C@H](C)C(=O)NNC(=O)OCCSS[C@H](NC(=O)[C@H](CC(=O)O)NC(=O)[C@H](CC(=O)O)NC(=O)Cc2ccc(CNC(=O)NCCCC[C@H](NC(=O)N[C@@H](CCC(=O)O)C(=O)O)C(=O)O)cc2)C(=O)O)cs1)C(C)C. The van der Waals surface area contributed by atoms with Gasteiger partial charge in [-0.3, -0.25) is 67.9 Å². The van der Waals surface area contributed by atoms with Gasteiger partial charge >= 0.3 is 65.9 Å². The summed E-state index contributed by atoms with van der Waals surface area (Å²) in [5.74, 6) is -18.2. The third-order valence-electron chi connectivity index (χ3n) is 19.0. The lowest BCUT2D eigenvalue weighted by Crippen LogP contribution is -2.59. The highest BCUT2D eigenvalue weighted by Gasteiger charge is 2.41. The van der Waals surface area contributed by atoms with E-state index in [4.69, 9.17) is 19.3 Å². The predicted molar refractivity (Wildman–Crippen MR) is 437 cm³/mol. The van der Waals surface area contributed by atoms with Crippen LogP contribution < -0.4 is 58.7 Å². The number of benzene rings is 2. The smallest absolute Gasteiger partial charge is 0.426 e. The number of rotatable bonds is 53. The van der Waals surface area contributed by atoms with Crippen molar-refractivity contribution in [3.05, 3.63) is 81.3 Å². The Kier molecular flexibility index (Phi) is 44.8. The van der Waals surface area contributed by atoms with Crippen LogP contribution in [0, 0.1) is 17.8 Å². The van der Waals surface area contributed by atoms with E-state index >= 15 is 4.79 Å². The van der Waals surface area contributed by atoms with Crippen molar-refractivity contribution < 1.29 is 136 Å².